The summed E-state index contributed by atoms with van der Waals surface area (Å²) in [5.41, 5.74) is 4.85. The van der Waals surface area contributed by atoms with E-state index in [0.717, 1.165) is 38.7 Å². The predicted molar refractivity (Wildman–Crippen MR) is 87.4 cm³/mol. The van der Waals surface area contributed by atoms with Crippen molar-refractivity contribution in [3.05, 3.63) is 11.6 Å². The number of aliphatic imine (C=N–C) groups is 1. The van der Waals surface area contributed by atoms with E-state index in [1.807, 2.05) is 20.8 Å². The summed E-state index contributed by atoms with van der Waals surface area (Å²) >= 11 is 5.77. The Kier molecular flexibility index (Phi) is 6.48. The highest BCUT2D eigenvalue weighted by Gasteiger charge is 2.35. The number of carbonyl (C=O) groups excluding carboxylic acids is 1. The van der Waals surface area contributed by atoms with E-state index in [1.165, 1.54) is 0 Å². The molecule has 0 aromatic heterocycles. The van der Waals surface area contributed by atoms with Crippen LogP contribution in [-0.2, 0) is 4.79 Å². The van der Waals surface area contributed by atoms with E-state index in [1.54, 1.807) is 0 Å². The first-order valence-electron chi connectivity index (χ1n) is 7.20. The number of amides is 1. The van der Waals surface area contributed by atoms with E-state index in [2.05, 4.69) is 26.7 Å². The van der Waals surface area contributed by atoms with Crippen LogP contribution < -0.4 is 11.1 Å². The zero-order valence-corrected chi connectivity index (χ0v) is 13.9. The number of rotatable bonds is 5. The minimum absolute atomic E-state index is 0.296. The third kappa shape index (κ3) is 4.89. The third-order valence-corrected chi connectivity index (χ3v) is 3.83. The monoisotopic (exact) mass is 315 g/mol. The Morgan fingerprint density at radius 3 is 2.38 bits per heavy atom. The van der Waals surface area contributed by atoms with E-state index in [9.17, 15) is 4.79 Å². The van der Waals surface area contributed by atoms with Gasteiger partial charge in [0.1, 0.15) is 0 Å². The second kappa shape index (κ2) is 7.66. The Balaban J connectivity index is 2.67. The van der Waals surface area contributed by atoms with Gasteiger partial charge in [0.05, 0.1) is 12.1 Å². The van der Waals surface area contributed by atoms with E-state index >= 15 is 0 Å². The van der Waals surface area contributed by atoms with Gasteiger partial charge >= 0.3 is 0 Å². The molecule has 0 atom stereocenters. The van der Waals surface area contributed by atoms with Gasteiger partial charge in [-0.3, -0.25) is 9.69 Å². The van der Waals surface area contributed by atoms with Crippen LogP contribution in [0.4, 0.5) is 0 Å². The molecule has 0 saturated carbocycles. The summed E-state index contributed by atoms with van der Waals surface area (Å²) in [5, 5.41) is 3.76. The van der Waals surface area contributed by atoms with Crippen molar-refractivity contribution >= 4 is 23.5 Å². The zero-order chi connectivity index (χ0) is 16.0. The normalized spacial score (nSPS) is 17.7. The molecule has 3 N–H and O–H groups in total. The Morgan fingerprint density at radius 2 is 1.95 bits per heavy atom. The van der Waals surface area contributed by atoms with Crippen molar-refractivity contribution in [3.8, 4) is 0 Å². The topological polar surface area (TPSA) is 74.0 Å². The number of nitrogens with one attached hydrogen (secondary N) is 1. The highest BCUT2D eigenvalue weighted by atomic mass is 35.5. The van der Waals surface area contributed by atoms with Gasteiger partial charge in [-0.15, -0.1) is 0 Å². The van der Waals surface area contributed by atoms with Gasteiger partial charge in [0, 0.05) is 37.8 Å². The smallest absolute Gasteiger partial charge is 0.237 e. The summed E-state index contributed by atoms with van der Waals surface area (Å²) in [7, 11) is 0. The summed E-state index contributed by atoms with van der Waals surface area (Å²) in [4.78, 5) is 20.2. The summed E-state index contributed by atoms with van der Waals surface area (Å²) < 4.78 is 0. The standard InChI is InChI=1S/C14H26ClN5O/c1-5-17-13(18-10-11(2)15)19-6-8-20(9-7-19)14(3,4)12(16)21/h2,5-10H2,1,3-4H3,(H2,16,21)(H,17,18). The first-order valence-corrected chi connectivity index (χ1v) is 7.58. The highest BCUT2D eigenvalue weighted by Crippen LogP contribution is 2.16. The minimum Gasteiger partial charge on any atom is -0.368 e. The van der Waals surface area contributed by atoms with Gasteiger partial charge in [-0.2, -0.15) is 0 Å². The molecular weight excluding hydrogens is 290 g/mol. The summed E-state index contributed by atoms with van der Waals surface area (Å²) in [6.45, 7) is 13.7. The van der Waals surface area contributed by atoms with Crippen molar-refractivity contribution in [2.75, 3.05) is 39.3 Å². The van der Waals surface area contributed by atoms with E-state index in [4.69, 9.17) is 17.3 Å². The fourth-order valence-corrected chi connectivity index (χ4v) is 2.28. The molecule has 0 radical (unpaired) electrons. The van der Waals surface area contributed by atoms with Gasteiger partial charge in [-0.1, -0.05) is 18.2 Å². The number of piperazine rings is 1. The molecule has 0 unspecified atom stereocenters. The maximum Gasteiger partial charge on any atom is 0.237 e. The summed E-state index contributed by atoms with van der Waals surface area (Å²) in [6, 6.07) is 0. The highest BCUT2D eigenvalue weighted by molar-refractivity contribution is 6.29. The molecule has 0 aliphatic carbocycles. The Bertz CT molecular complexity index is 414. The average molecular weight is 316 g/mol. The molecule has 1 rings (SSSR count). The largest absolute Gasteiger partial charge is 0.368 e. The van der Waals surface area contributed by atoms with Crippen molar-refractivity contribution in [1.29, 1.82) is 0 Å². The van der Waals surface area contributed by atoms with Crippen molar-refractivity contribution < 1.29 is 4.79 Å². The fraction of sp³-hybridized carbons (Fsp3) is 0.714. The molecule has 6 nitrogen and oxygen atoms in total. The Hall–Kier alpha value is -1.27. The number of nitrogens with zero attached hydrogens (tertiary/aromatic N) is 3. The third-order valence-electron chi connectivity index (χ3n) is 3.71. The number of nitrogens with two attached hydrogens (primary N) is 1. The average Bonchev–Trinajstić information content (AvgIpc) is 2.43. The molecule has 0 aromatic rings. The number of guanidine groups is 1. The van der Waals surface area contributed by atoms with Crippen LogP contribution in [0.1, 0.15) is 20.8 Å². The molecule has 0 bridgehead atoms. The lowest BCUT2D eigenvalue weighted by Crippen LogP contribution is -2.61. The summed E-state index contributed by atoms with van der Waals surface area (Å²) in [5.74, 6) is 0.533. The van der Waals surface area contributed by atoms with Crippen molar-refractivity contribution in [2.45, 2.75) is 26.3 Å². The number of hydrogen-bond donors (Lipinski definition) is 2. The van der Waals surface area contributed by atoms with Crippen LogP contribution in [0, 0.1) is 0 Å². The van der Waals surface area contributed by atoms with Gasteiger partial charge in [0.25, 0.3) is 0 Å². The minimum atomic E-state index is -0.619. The van der Waals surface area contributed by atoms with Gasteiger partial charge in [-0.05, 0) is 20.8 Å². The molecule has 1 amide bonds. The van der Waals surface area contributed by atoms with E-state index in [-0.39, 0.29) is 5.91 Å². The van der Waals surface area contributed by atoms with Crippen LogP contribution in [-0.4, -0.2) is 66.5 Å². The fourth-order valence-electron chi connectivity index (χ4n) is 2.22. The van der Waals surface area contributed by atoms with Crippen LogP contribution >= 0.6 is 11.6 Å². The maximum atomic E-state index is 11.5. The number of halogens is 1. The van der Waals surface area contributed by atoms with Crippen molar-refractivity contribution in [2.24, 2.45) is 10.7 Å². The zero-order valence-electron chi connectivity index (χ0n) is 13.2. The SMILES string of the molecule is C=C(Cl)CN=C(NCC)N1CCN(C(C)(C)C(N)=O)CC1. The molecule has 0 aromatic carbocycles. The molecule has 120 valence electrons. The van der Waals surface area contributed by atoms with Crippen LogP contribution in [0.15, 0.2) is 16.6 Å². The van der Waals surface area contributed by atoms with Crippen molar-refractivity contribution in [1.82, 2.24) is 15.1 Å². The van der Waals surface area contributed by atoms with E-state index in [0.29, 0.717) is 11.6 Å². The first-order chi connectivity index (χ1) is 9.78. The molecule has 1 heterocycles. The van der Waals surface area contributed by atoms with E-state index < -0.39 is 5.54 Å². The Morgan fingerprint density at radius 1 is 1.38 bits per heavy atom. The lowest BCUT2D eigenvalue weighted by Gasteiger charge is -2.43. The molecule has 0 spiro atoms. The van der Waals surface area contributed by atoms with Gasteiger partial charge < -0.3 is 16.0 Å². The second-order valence-corrected chi connectivity index (χ2v) is 6.12. The van der Waals surface area contributed by atoms with Crippen LogP contribution in [0.5, 0.6) is 0 Å². The molecule has 1 aliphatic rings. The quantitative estimate of drug-likeness (QED) is 0.575. The van der Waals surface area contributed by atoms with Crippen LogP contribution in [0.2, 0.25) is 0 Å². The maximum absolute atomic E-state index is 11.5. The number of carbonyl (C=O) groups is 1. The predicted octanol–water partition coefficient (Wildman–Crippen LogP) is 0.586. The van der Waals surface area contributed by atoms with Gasteiger partial charge in [0.15, 0.2) is 5.96 Å². The lowest BCUT2D eigenvalue weighted by atomic mass is 10.0. The number of primary amides is 1. The van der Waals surface area contributed by atoms with Gasteiger partial charge in [0.2, 0.25) is 5.91 Å². The van der Waals surface area contributed by atoms with Crippen LogP contribution in [0.25, 0.3) is 0 Å². The molecule has 21 heavy (non-hydrogen) atoms. The lowest BCUT2D eigenvalue weighted by molar-refractivity contribution is -0.129. The summed E-state index contributed by atoms with van der Waals surface area (Å²) in [6.07, 6.45) is 0. The molecular formula is C14H26ClN5O. The number of hydrogen-bond acceptors (Lipinski definition) is 3. The molecule has 1 fully saturated rings. The van der Waals surface area contributed by atoms with Crippen molar-refractivity contribution in [3.63, 3.8) is 0 Å². The van der Waals surface area contributed by atoms with Crippen LogP contribution in [0.3, 0.4) is 0 Å². The first kappa shape index (κ1) is 17.8. The Labute approximate surface area is 132 Å². The second-order valence-electron chi connectivity index (χ2n) is 5.58. The molecule has 1 saturated heterocycles. The molecule has 1 aliphatic heterocycles. The van der Waals surface area contributed by atoms with Gasteiger partial charge in [-0.25, -0.2) is 4.99 Å². The molecule has 7 heteroatoms.